The SMILES string of the molecule is CC1(C(=O)Nc2ccc(Cl)c(Br)c2)CCCNC1. The molecule has 1 heterocycles. The highest BCUT2D eigenvalue weighted by Crippen LogP contribution is 2.29. The van der Waals surface area contributed by atoms with Crippen LogP contribution >= 0.6 is 27.5 Å². The Balaban J connectivity index is 2.08. The minimum absolute atomic E-state index is 0.0592. The number of benzene rings is 1. The summed E-state index contributed by atoms with van der Waals surface area (Å²) in [5.74, 6) is 0.0592. The van der Waals surface area contributed by atoms with Crippen LogP contribution in [-0.4, -0.2) is 19.0 Å². The van der Waals surface area contributed by atoms with E-state index in [-0.39, 0.29) is 11.3 Å². The molecule has 3 nitrogen and oxygen atoms in total. The summed E-state index contributed by atoms with van der Waals surface area (Å²) in [6.45, 7) is 3.72. The lowest BCUT2D eigenvalue weighted by Gasteiger charge is -2.32. The highest BCUT2D eigenvalue weighted by Gasteiger charge is 2.34. The third-order valence-corrected chi connectivity index (χ3v) is 4.54. The second-order valence-electron chi connectivity index (χ2n) is 4.92. The number of carbonyl (C=O) groups excluding carboxylic acids is 1. The van der Waals surface area contributed by atoms with Gasteiger partial charge in [-0.05, 0) is 60.4 Å². The molecule has 1 atom stereocenters. The average Bonchev–Trinajstić information content (AvgIpc) is 2.35. The number of hydrogen-bond donors (Lipinski definition) is 2. The Morgan fingerprint density at radius 1 is 1.56 bits per heavy atom. The van der Waals surface area contributed by atoms with E-state index in [4.69, 9.17) is 11.6 Å². The number of hydrogen-bond acceptors (Lipinski definition) is 2. The van der Waals surface area contributed by atoms with Crippen molar-refractivity contribution in [1.29, 1.82) is 0 Å². The van der Waals surface area contributed by atoms with E-state index in [1.54, 1.807) is 6.07 Å². The van der Waals surface area contributed by atoms with Gasteiger partial charge in [0, 0.05) is 16.7 Å². The molecule has 5 heteroatoms. The van der Waals surface area contributed by atoms with Crippen molar-refractivity contribution in [3.63, 3.8) is 0 Å². The lowest BCUT2D eigenvalue weighted by molar-refractivity contribution is -0.125. The molecule has 0 spiro atoms. The van der Waals surface area contributed by atoms with Crippen LogP contribution < -0.4 is 10.6 Å². The van der Waals surface area contributed by atoms with E-state index >= 15 is 0 Å². The van der Waals surface area contributed by atoms with Gasteiger partial charge in [-0.25, -0.2) is 0 Å². The van der Waals surface area contributed by atoms with Crippen LogP contribution in [0.2, 0.25) is 5.02 Å². The Labute approximate surface area is 120 Å². The number of rotatable bonds is 2. The topological polar surface area (TPSA) is 41.1 Å². The summed E-state index contributed by atoms with van der Waals surface area (Å²) in [5.41, 5.74) is 0.438. The molecule has 2 N–H and O–H groups in total. The van der Waals surface area contributed by atoms with E-state index in [0.717, 1.165) is 36.1 Å². The molecular weight excluding hydrogens is 316 g/mol. The van der Waals surface area contributed by atoms with Gasteiger partial charge in [0.2, 0.25) is 5.91 Å². The summed E-state index contributed by atoms with van der Waals surface area (Å²) in [6.07, 6.45) is 1.95. The molecule has 2 rings (SSSR count). The highest BCUT2D eigenvalue weighted by atomic mass is 79.9. The van der Waals surface area contributed by atoms with Crippen molar-refractivity contribution in [3.8, 4) is 0 Å². The Bertz CT molecular complexity index is 458. The molecule has 98 valence electrons. The quantitative estimate of drug-likeness (QED) is 0.871. The van der Waals surface area contributed by atoms with E-state index < -0.39 is 0 Å². The van der Waals surface area contributed by atoms with Gasteiger partial charge in [0.05, 0.1) is 10.4 Å². The van der Waals surface area contributed by atoms with Crippen molar-refractivity contribution in [1.82, 2.24) is 5.32 Å². The van der Waals surface area contributed by atoms with E-state index in [1.807, 2.05) is 19.1 Å². The molecular formula is C13H16BrClN2O. The first-order valence-electron chi connectivity index (χ1n) is 5.98. The monoisotopic (exact) mass is 330 g/mol. The van der Waals surface area contributed by atoms with Crippen molar-refractivity contribution in [2.24, 2.45) is 5.41 Å². The average molecular weight is 332 g/mol. The smallest absolute Gasteiger partial charge is 0.231 e. The van der Waals surface area contributed by atoms with Gasteiger partial charge >= 0.3 is 0 Å². The van der Waals surface area contributed by atoms with Crippen LogP contribution in [0.1, 0.15) is 19.8 Å². The fraction of sp³-hybridized carbons (Fsp3) is 0.462. The van der Waals surface area contributed by atoms with Crippen LogP contribution in [0.15, 0.2) is 22.7 Å². The molecule has 18 heavy (non-hydrogen) atoms. The third-order valence-electron chi connectivity index (χ3n) is 3.32. The minimum Gasteiger partial charge on any atom is -0.326 e. The maximum Gasteiger partial charge on any atom is 0.231 e. The highest BCUT2D eigenvalue weighted by molar-refractivity contribution is 9.10. The van der Waals surface area contributed by atoms with Crippen molar-refractivity contribution < 1.29 is 4.79 Å². The Kier molecular flexibility index (Phi) is 4.30. The summed E-state index contributed by atoms with van der Waals surface area (Å²) in [6, 6.07) is 5.40. The molecule has 1 amide bonds. The number of anilines is 1. The molecule has 0 aromatic heterocycles. The molecule has 0 saturated carbocycles. The molecule has 1 fully saturated rings. The van der Waals surface area contributed by atoms with Crippen molar-refractivity contribution in [3.05, 3.63) is 27.7 Å². The Morgan fingerprint density at radius 2 is 2.33 bits per heavy atom. The normalized spacial score (nSPS) is 23.7. The number of piperidine rings is 1. The maximum absolute atomic E-state index is 12.3. The predicted octanol–water partition coefficient (Wildman–Crippen LogP) is 3.43. The van der Waals surface area contributed by atoms with Crippen LogP contribution in [-0.2, 0) is 4.79 Å². The summed E-state index contributed by atoms with van der Waals surface area (Å²) < 4.78 is 0.786. The molecule has 1 aromatic carbocycles. The lowest BCUT2D eigenvalue weighted by atomic mass is 9.82. The molecule has 1 unspecified atom stereocenters. The zero-order valence-electron chi connectivity index (χ0n) is 10.2. The number of amides is 1. The molecule has 1 saturated heterocycles. The Hall–Kier alpha value is -0.580. The first kappa shape index (κ1) is 13.8. The van der Waals surface area contributed by atoms with Gasteiger partial charge < -0.3 is 10.6 Å². The first-order valence-corrected chi connectivity index (χ1v) is 7.16. The Morgan fingerprint density at radius 3 is 2.94 bits per heavy atom. The second kappa shape index (κ2) is 5.59. The van der Waals surface area contributed by atoms with Gasteiger partial charge in [0.15, 0.2) is 0 Å². The number of nitrogens with one attached hydrogen (secondary N) is 2. The fourth-order valence-electron chi connectivity index (χ4n) is 2.11. The third kappa shape index (κ3) is 3.05. The first-order chi connectivity index (χ1) is 8.51. The van der Waals surface area contributed by atoms with Gasteiger partial charge in [-0.15, -0.1) is 0 Å². The van der Waals surface area contributed by atoms with Gasteiger partial charge in [-0.1, -0.05) is 11.6 Å². The van der Waals surface area contributed by atoms with Crippen molar-refractivity contribution >= 4 is 39.1 Å². The molecule has 1 aromatic rings. The van der Waals surface area contributed by atoms with Crippen LogP contribution in [0, 0.1) is 5.41 Å². The number of halogens is 2. The van der Waals surface area contributed by atoms with E-state index in [1.165, 1.54) is 0 Å². The minimum atomic E-state index is -0.329. The molecule has 0 bridgehead atoms. The van der Waals surface area contributed by atoms with E-state index in [9.17, 15) is 4.79 Å². The molecule has 1 aliphatic rings. The summed E-state index contributed by atoms with van der Waals surface area (Å²) in [5, 5.41) is 6.86. The zero-order valence-corrected chi connectivity index (χ0v) is 12.6. The van der Waals surface area contributed by atoms with Crippen molar-refractivity contribution in [2.45, 2.75) is 19.8 Å². The molecule has 0 radical (unpaired) electrons. The van der Waals surface area contributed by atoms with Crippen LogP contribution in [0.4, 0.5) is 5.69 Å². The summed E-state index contributed by atoms with van der Waals surface area (Å²) in [4.78, 5) is 12.3. The van der Waals surface area contributed by atoms with Crippen LogP contribution in [0.25, 0.3) is 0 Å². The van der Waals surface area contributed by atoms with Gasteiger partial charge in [0.25, 0.3) is 0 Å². The molecule has 1 aliphatic heterocycles. The summed E-state index contributed by atoms with van der Waals surface area (Å²) >= 11 is 9.27. The van der Waals surface area contributed by atoms with Gasteiger partial charge in [-0.2, -0.15) is 0 Å². The summed E-state index contributed by atoms with van der Waals surface area (Å²) in [7, 11) is 0. The van der Waals surface area contributed by atoms with E-state index in [2.05, 4.69) is 26.6 Å². The largest absolute Gasteiger partial charge is 0.326 e. The van der Waals surface area contributed by atoms with Crippen LogP contribution in [0.5, 0.6) is 0 Å². The number of carbonyl (C=O) groups is 1. The van der Waals surface area contributed by atoms with Crippen molar-refractivity contribution in [2.75, 3.05) is 18.4 Å². The predicted molar refractivity (Wildman–Crippen MR) is 78.0 cm³/mol. The van der Waals surface area contributed by atoms with E-state index in [0.29, 0.717) is 5.02 Å². The standard InChI is InChI=1S/C13H16BrClN2O/c1-13(5-2-6-16-8-13)12(18)17-9-3-4-11(15)10(14)7-9/h3-4,7,16H,2,5-6,8H2,1H3,(H,17,18). The maximum atomic E-state index is 12.3. The van der Waals surface area contributed by atoms with Crippen LogP contribution in [0.3, 0.4) is 0 Å². The fourth-order valence-corrected chi connectivity index (χ4v) is 2.60. The van der Waals surface area contributed by atoms with Gasteiger partial charge in [0.1, 0.15) is 0 Å². The van der Waals surface area contributed by atoms with Gasteiger partial charge in [-0.3, -0.25) is 4.79 Å². The second-order valence-corrected chi connectivity index (χ2v) is 6.19. The molecule has 0 aliphatic carbocycles. The lowest BCUT2D eigenvalue weighted by Crippen LogP contribution is -2.46. The zero-order chi connectivity index (χ0) is 13.2.